The Morgan fingerprint density at radius 3 is 2.71 bits per heavy atom. The van der Waals surface area contributed by atoms with Crippen molar-refractivity contribution in [3.63, 3.8) is 0 Å². The van der Waals surface area contributed by atoms with Crippen molar-refractivity contribution in [2.75, 3.05) is 19.6 Å². The quantitative estimate of drug-likeness (QED) is 0.934. The third-order valence-corrected chi connectivity index (χ3v) is 4.99. The van der Waals surface area contributed by atoms with Gasteiger partial charge in [-0.2, -0.15) is 0 Å². The molecule has 1 aromatic heterocycles. The second-order valence-electron chi connectivity index (χ2n) is 6.60. The molecule has 0 unspecified atom stereocenters. The first-order valence-corrected chi connectivity index (χ1v) is 8.49. The van der Waals surface area contributed by atoms with E-state index in [1.54, 1.807) is 6.07 Å². The standard InChI is InChI=1S/C17H21F2N5/c18-14-2-1-12(9-15(14)19)11-23-6-3-13(4-7-23)17-22-21-16-10-20-5-8-24(16)17/h1-2,9,13,20H,3-8,10-11H2. The molecular weight excluding hydrogens is 312 g/mol. The molecule has 0 aliphatic carbocycles. The van der Waals surface area contributed by atoms with Crippen LogP contribution in [0.2, 0.25) is 0 Å². The first-order chi connectivity index (χ1) is 11.7. The summed E-state index contributed by atoms with van der Waals surface area (Å²) in [6, 6.07) is 4.16. The largest absolute Gasteiger partial charge is 0.312 e. The van der Waals surface area contributed by atoms with Crippen LogP contribution in [0.4, 0.5) is 8.78 Å². The van der Waals surface area contributed by atoms with Gasteiger partial charge in [0.2, 0.25) is 0 Å². The number of rotatable bonds is 3. The van der Waals surface area contributed by atoms with Crippen LogP contribution >= 0.6 is 0 Å². The molecule has 2 aliphatic rings. The molecular formula is C17H21F2N5. The van der Waals surface area contributed by atoms with E-state index in [-0.39, 0.29) is 0 Å². The number of aromatic nitrogens is 3. The predicted molar refractivity (Wildman–Crippen MR) is 85.3 cm³/mol. The summed E-state index contributed by atoms with van der Waals surface area (Å²) in [6.45, 7) is 5.22. The number of likely N-dealkylation sites (tertiary alicyclic amines) is 1. The van der Waals surface area contributed by atoms with Crippen molar-refractivity contribution in [3.05, 3.63) is 47.0 Å². The van der Waals surface area contributed by atoms with E-state index in [9.17, 15) is 8.78 Å². The molecule has 0 amide bonds. The van der Waals surface area contributed by atoms with Crippen molar-refractivity contribution < 1.29 is 8.78 Å². The van der Waals surface area contributed by atoms with E-state index in [1.807, 2.05) is 0 Å². The van der Waals surface area contributed by atoms with E-state index >= 15 is 0 Å². The molecule has 128 valence electrons. The topological polar surface area (TPSA) is 46.0 Å². The van der Waals surface area contributed by atoms with Gasteiger partial charge in [0.1, 0.15) is 11.6 Å². The minimum Gasteiger partial charge on any atom is -0.312 e. The van der Waals surface area contributed by atoms with E-state index in [0.29, 0.717) is 12.5 Å². The van der Waals surface area contributed by atoms with Crippen molar-refractivity contribution in [3.8, 4) is 0 Å². The van der Waals surface area contributed by atoms with Gasteiger partial charge in [0.15, 0.2) is 11.6 Å². The summed E-state index contributed by atoms with van der Waals surface area (Å²) >= 11 is 0. The highest BCUT2D eigenvalue weighted by Crippen LogP contribution is 2.28. The third kappa shape index (κ3) is 3.06. The van der Waals surface area contributed by atoms with Gasteiger partial charge in [-0.05, 0) is 43.6 Å². The number of nitrogens with one attached hydrogen (secondary N) is 1. The number of hydrogen-bond acceptors (Lipinski definition) is 4. The number of halogens is 2. The summed E-state index contributed by atoms with van der Waals surface area (Å²) in [7, 11) is 0. The fourth-order valence-electron chi connectivity index (χ4n) is 3.66. The SMILES string of the molecule is Fc1ccc(CN2CCC(c3nnc4n3CCNC4)CC2)cc1F. The molecule has 0 radical (unpaired) electrons. The minimum absolute atomic E-state index is 0.436. The summed E-state index contributed by atoms with van der Waals surface area (Å²) in [5.74, 6) is 1.01. The van der Waals surface area contributed by atoms with Crippen molar-refractivity contribution in [2.24, 2.45) is 0 Å². The molecule has 4 rings (SSSR count). The Kier molecular flexibility index (Phi) is 4.28. The maximum absolute atomic E-state index is 13.3. The lowest BCUT2D eigenvalue weighted by atomic mass is 9.95. The zero-order valence-corrected chi connectivity index (χ0v) is 13.5. The number of piperidine rings is 1. The summed E-state index contributed by atoms with van der Waals surface area (Å²) < 4.78 is 28.6. The van der Waals surface area contributed by atoms with Gasteiger partial charge in [0.25, 0.3) is 0 Å². The molecule has 2 aliphatic heterocycles. The lowest BCUT2D eigenvalue weighted by Gasteiger charge is -2.32. The van der Waals surface area contributed by atoms with Crippen LogP contribution in [0.15, 0.2) is 18.2 Å². The first kappa shape index (κ1) is 15.7. The monoisotopic (exact) mass is 333 g/mol. The van der Waals surface area contributed by atoms with E-state index in [1.165, 1.54) is 12.1 Å². The Morgan fingerprint density at radius 1 is 1.08 bits per heavy atom. The predicted octanol–water partition coefficient (Wildman–Crippen LogP) is 2.04. The Labute approximate surface area is 139 Å². The zero-order valence-electron chi connectivity index (χ0n) is 13.5. The average Bonchev–Trinajstić information content (AvgIpc) is 3.03. The maximum atomic E-state index is 13.3. The molecule has 5 nitrogen and oxygen atoms in total. The van der Waals surface area contributed by atoms with E-state index in [0.717, 1.165) is 62.8 Å². The van der Waals surface area contributed by atoms with Gasteiger partial charge in [-0.25, -0.2) is 8.78 Å². The van der Waals surface area contributed by atoms with Crippen molar-refractivity contribution in [2.45, 2.75) is 38.4 Å². The van der Waals surface area contributed by atoms with Crippen LogP contribution in [-0.4, -0.2) is 39.3 Å². The van der Waals surface area contributed by atoms with Crippen LogP contribution in [0, 0.1) is 11.6 Å². The summed E-state index contributed by atoms with van der Waals surface area (Å²) in [6.07, 6.45) is 2.05. The Balaban J connectivity index is 1.38. The molecule has 1 fully saturated rings. The fraction of sp³-hybridized carbons (Fsp3) is 0.529. The molecule has 2 aromatic rings. The number of hydrogen-bond donors (Lipinski definition) is 1. The van der Waals surface area contributed by atoms with Crippen molar-refractivity contribution in [1.82, 2.24) is 25.0 Å². The van der Waals surface area contributed by atoms with Gasteiger partial charge in [0.05, 0.1) is 6.54 Å². The highest BCUT2D eigenvalue weighted by atomic mass is 19.2. The van der Waals surface area contributed by atoms with Crippen LogP contribution in [0.1, 0.15) is 36.0 Å². The highest BCUT2D eigenvalue weighted by molar-refractivity contribution is 5.18. The highest BCUT2D eigenvalue weighted by Gasteiger charge is 2.27. The molecule has 1 saturated heterocycles. The summed E-state index contributed by atoms with van der Waals surface area (Å²) in [4.78, 5) is 2.29. The molecule has 24 heavy (non-hydrogen) atoms. The minimum atomic E-state index is -0.788. The number of fused-ring (bicyclic) bond motifs is 1. The molecule has 7 heteroatoms. The fourth-order valence-corrected chi connectivity index (χ4v) is 3.66. The lowest BCUT2D eigenvalue weighted by Crippen LogP contribution is -2.34. The van der Waals surface area contributed by atoms with Gasteiger partial charge in [0, 0.05) is 25.6 Å². The van der Waals surface area contributed by atoms with Gasteiger partial charge in [-0.3, -0.25) is 4.90 Å². The number of nitrogens with zero attached hydrogens (tertiary/aromatic N) is 4. The second kappa shape index (κ2) is 6.57. The van der Waals surface area contributed by atoms with Gasteiger partial charge < -0.3 is 9.88 Å². The molecule has 0 saturated carbocycles. The third-order valence-electron chi connectivity index (χ3n) is 4.99. The van der Waals surface area contributed by atoms with Crippen molar-refractivity contribution in [1.29, 1.82) is 0 Å². The van der Waals surface area contributed by atoms with Gasteiger partial charge in [-0.1, -0.05) is 6.07 Å². The van der Waals surface area contributed by atoms with Crippen LogP contribution in [0.3, 0.4) is 0 Å². The van der Waals surface area contributed by atoms with Crippen LogP contribution in [-0.2, 0) is 19.6 Å². The second-order valence-corrected chi connectivity index (χ2v) is 6.60. The van der Waals surface area contributed by atoms with E-state index < -0.39 is 11.6 Å². The van der Waals surface area contributed by atoms with Gasteiger partial charge in [-0.15, -0.1) is 10.2 Å². The Morgan fingerprint density at radius 2 is 1.92 bits per heavy atom. The summed E-state index contributed by atoms with van der Waals surface area (Å²) in [5.41, 5.74) is 0.818. The lowest BCUT2D eigenvalue weighted by molar-refractivity contribution is 0.199. The molecule has 1 N–H and O–H groups in total. The van der Waals surface area contributed by atoms with Crippen molar-refractivity contribution >= 4 is 0 Å². The van der Waals surface area contributed by atoms with E-state index in [2.05, 4.69) is 25.0 Å². The average molecular weight is 333 g/mol. The van der Waals surface area contributed by atoms with E-state index in [4.69, 9.17) is 0 Å². The Hall–Kier alpha value is -1.86. The molecule has 0 bridgehead atoms. The smallest absolute Gasteiger partial charge is 0.159 e. The van der Waals surface area contributed by atoms with Crippen LogP contribution < -0.4 is 5.32 Å². The first-order valence-electron chi connectivity index (χ1n) is 8.49. The molecule has 0 spiro atoms. The maximum Gasteiger partial charge on any atom is 0.159 e. The Bertz CT molecular complexity index is 722. The van der Waals surface area contributed by atoms with Crippen LogP contribution in [0.5, 0.6) is 0 Å². The molecule has 1 aromatic carbocycles. The zero-order chi connectivity index (χ0) is 16.5. The van der Waals surface area contributed by atoms with Crippen LogP contribution in [0.25, 0.3) is 0 Å². The summed E-state index contributed by atoms with van der Waals surface area (Å²) in [5, 5.41) is 12.0. The molecule has 0 atom stereocenters. The normalized spacial score (nSPS) is 19.4. The van der Waals surface area contributed by atoms with Gasteiger partial charge >= 0.3 is 0 Å². The number of benzene rings is 1. The molecule has 3 heterocycles.